The van der Waals surface area contributed by atoms with Crippen molar-refractivity contribution < 1.29 is 0 Å². The highest BCUT2D eigenvalue weighted by Crippen LogP contribution is 2.46. The third-order valence-electron chi connectivity index (χ3n) is 14.9. The molecule has 0 saturated carbocycles. The van der Waals surface area contributed by atoms with Gasteiger partial charge in [-0.05, 0) is 140 Å². The third-order valence-corrected chi connectivity index (χ3v) is 14.9. The van der Waals surface area contributed by atoms with Crippen molar-refractivity contribution in [3.8, 4) is 61.3 Å². The van der Waals surface area contributed by atoms with E-state index in [1.807, 2.05) is 0 Å². The summed E-state index contributed by atoms with van der Waals surface area (Å²) in [7, 11) is 0. The summed E-state index contributed by atoms with van der Waals surface area (Å²) in [5, 5.41) is 2.45. The highest BCUT2D eigenvalue weighted by Gasteiger charge is 2.22. The Labute approximate surface area is 445 Å². The molecule has 13 rings (SSSR count). The molecule has 0 bridgehead atoms. The molecular weight excluding hydrogens is 917 g/mol. The molecule has 2 nitrogen and oxygen atoms in total. The van der Waals surface area contributed by atoms with Crippen LogP contribution < -0.4 is 4.90 Å². The van der Waals surface area contributed by atoms with E-state index in [2.05, 4.69) is 313 Å². The van der Waals surface area contributed by atoms with Gasteiger partial charge in [0.05, 0.1) is 16.7 Å². The van der Waals surface area contributed by atoms with E-state index < -0.39 is 0 Å². The molecule has 2 heteroatoms. The van der Waals surface area contributed by atoms with Crippen molar-refractivity contribution in [1.82, 2.24) is 4.57 Å². The van der Waals surface area contributed by atoms with Crippen molar-refractivity contribution in [2.24, 2.45) is 0 Å². The predicted octanol–water partition coefficient (Wildman–Crippen LogP) is 19.8. The van der Waals surface area contributed by atoms with Gasteiger partial charge in [-0.1, -0.05) is 249 Å². The molecule has 360 valence electrons. The topological polar surface area (TPSA) is 8.17 Å². The number of benzene rings is 12. The first-order valence-corrected chi connectivity index (χ1v) is 26.3. The maximum atomic E-state index is 2.49. The van der Waals surface area contributed by atoms with Gasteiger partial charge in [-0.2, -0.15) is 0 Å². The largest absolute Gasteiger partial charge is 0.310 e. The molecule has 0 saturated heterocycles. The number of rotatable bonds is 13. The first-order valence-electron chi connectivity index (χ1n) is 26.3. The number of hydrogen-bond donors (Lipinski definition) is 0. The van der Waals surface area contributed by atoms with Crippen LogP contribution in [0.4, 0.5) is 17.1 Å². The van der Waals surface area contributed by atoms with E-state index in [-0.39, 0.29) is 0 Å². The number of hydrogen-bond acceptors (Lipinski definition) is 1. The normalized spacial score (nSPS) is 11.3. The van der Waals surface area contributed by atoms with E-state index in [9.17, 15) is 0 Å². The maximum Gasteiger partial charge on any atom is 0.0547 e. The van der Waals surface area contributed by atoms with Crippen LogP contribution >= 0.6 is 0 Å². The highest BCUT2D eigenvalue weighted by atomic mass is 15.1. The Morgan fingerprint density at radius 2 is 0.750 bits per heavy atom. The lowest BCUT2D eigenvalue weighted by Crippen LogP contribution is -2.11. The van der Waals surface area contributed by atoms with Crippen LogP contribution in [0.1, 0.15) is 22.3 Å². The molecule has 0 aliphatic heterocycles. The van der Waals surface area contributed by atoms with Gasteiger partial charge >= 0.3 is 0 Å². The Morgan fingerprint density at radius 3 is 1.39 bits per heavy atom. The molecule has 0 aliphatic rings. The van der Waals surface area contributed by atoms with Crippen molar-refractivity contribution >= 4 is 38.9 Å². The van der Waals surface area contributed by atoms with Crippen LogP contribution in [-0.4, -0.2) is 4.57 Å². The van der Waals surface area contributed by atoms with Gasteiger partial charge in [0, 0.05) is 33.4 Å². The minimum absolute atomic E-state index is 0.833. The summed E-state index contributed by atoms with van der Waals surface area (Å²) in [6.45, 7) is 0. The Hall–Kier alpha value is -9.76. The van der Waals surface area contributed by atoms with Crippen LogP contribution in [0.15, 0.2) is 303 Å². The van der Waals surface area contributed by atoms with Crippen molar-refractivity contribution in [2.75, 3.05) is 4.90 Å². The summed E-state index contributed by atoms with van der Waals surface area (Å²) < 4.78 is 2.49. The zero-order valence-electron chi connectivity index (χ0n) is 42.2. The summed E-state index contributed by atoms with van der Waals surface area (Å²) in [5.74, 6) is 0. The summed E-state index contributed by atoms with van der Waals surface area (Å²) in [4.78, 5) is 2.43. The van der Waals surface area contributed by atoms with E-state index in [0.717, 1.165) is 57.8 Å². The summed E-state index contributed by atoms with van der Waals surface area (Å²) in [6, 6.07) is 111. The molecule has 0 unspecified atom stereocenters. The zero-order valence-corrected chi connectivity index (χ0v) is 42.2. The fourth-order valence-corrected chi connectivity index (χ4v) is 11.3. The number of aromatic nitrogens is 1. The molecule has 1 heterocycles. The molecule has 0 radical (unpaired) electrons. The molecule has 76 heavy (non-hydrogen) atoms. The van der Waals surface area contributed by atoms with Crippen molar-refractivity contribution in [1.29, 1.82) is 0 Å². The molecule has 0 aliphatic carbocycles. The van der Waals surface area contributed by atoms with E-state index in [4.69, 9.17) is 0 Å². The van der Waals surface area contributed by atoms with Gasteiger partial charge in [-0.25, -0.2) is 0 Å². The van der Waals surface area contributed by atoms with E-state index >= 15 is 0 Å². The minimum Gasteiger partial charge on any atom is -0.310 e. The van der Waals surface area contributed by atoms with Crippen LogP contribution in [0.25, 0.3) is 83.1 Å². The van der Waals surface area contributed by atoms with E-state index in [1.54, 1.807) is 0 Å². The van der Waals surface area contributed by atoms with Gasteiger partial charge in [0.25, 0.3) is 0 Å². The van der Waals surface area contributed by atoms with E-state index in [1.165, 1.54) is 77.5 Å². The fraction of sp³-hybridized carbons (Fsp3) is 0.0270. The number of para-hydroxylation sites is 2. The predicted molar refractivity (Wildman–Crippen MR) is 321 cm³/mol. The average Bonchev–Trinajstić information content (AvgIpc) is 3.88. The van der Waals surface area contributed by atoms with Gasteiger partial charge in [-0.3, -0.25) is 0 Å². The van der Waals surface area contributed by atoms with Crippen LogP contribution in [0.3, 0.4) is 0 Å². The van der Waals surface area contributed by atoms with Gasteiger partial charge in [0.15, 0.2) is 0 Å². The van der Waals surface area contributed by atoms with Crippen molar-refractivity contribution in [2.45, 2.75) is 12.8 Å². The highest BCUT2D eigenvalue weighted by molar-refractivity contribution is 6.11. The second kappa shape index (κ2) is 20.6. The lowest BCUT2D eigenvalue weighted by molar-refractivity contribution is 1.14. The molecule has 13 aromatic rings. The van der Waals surface area contributed by atoms with Crippen LogP contribution in [0.5, 0.6) is 0 Å². The third kappa shape index (κ3) is 9.08. The van der Waals surface area contributed by atoms with Crippen LogP contribution in [0.2, 0.25) is 0 Å². The standard InChI is InChI=1S/C74H54N2/c1-5-23-53(24-6-1)47-59-31-13-14-37-66(59)71-52-64(45-43-60(71)48-54-25-7-2-8-26-54)76-73-42-20-18-40-69(73)70-46-44-61(51-74(70)76)65-36-15-16-38-67(65)68-39-17-19-41-72(68)75(62-34-21-32-57(49-62)55-27-9-3-10-28-55)63-35-22-33-58(50-63)56-29-11-4-12-30-56/h1-46,49-52H,47-48H2. The van der Waals surface area contributed by atoms with Crippen LogP contribution in [-0.2, 0) is 12.8 Å². The number of fused-ring (bicyclic) bond motifs is 3. The molecule has 0 N–H and O–H groups in total. The molecule has 12 aromatic carbocycles. The summed E-state index contributed by atoms with van der Waals surface area (Å²) in [5.41, 5.74) is 23.8. The molecule has 0 atom stereocenters. The average molecular weight is 971 g/mol. The Morgan fingerprint density at radius 1 is 0.263 bits per heavy atom. The lowest BCUT2D eigenvalue weighted by atomic mass is 9.89. The van der Waals surface area contributed by atoms with E-state index in [0.29, 0.717) is 0 Å². The first-order chi connectivity index (χ1) is 37.7. The molecular formula is C74H54N2. The molecule has 0 fully saturated rings. The lowest BCUT2D eigenvalue weighted by Gasteiger charge is -2.29. The van der Waals surface area contributed by atoms with Crippen molar-refractivity contribution in [3.05, 3.63) is 326 Å². The van der Waals surface area contributed by atoms with Gasteiger partial charge in [0.1, 0.15) is 0 Å². The second-order valence-corrected chi connectivity index (χ2v) is 19.6. The smallest absolute Gasteiger partial charge is 0.0547 e. The first kappa shape index (κ1) is 46.1. The Balaban J connectivity index is 0.971. The number of nitrogens with zero attached hydrogens (tertiary/aromatic N) is 2. The summed E-state index contributed by atoms with van der Waals surface area (Å²) >= 11 is 0. The second-order valence-electron chi connectivity index (χ2n) is 19.6. The quantitative estimate of drug-likeness (QED) is 0.112. The van der Waals surface area contributed by atoms with Crippen molar-refractivity contribution in [3.63, 3.8) is 0 Å². The Bertz CT molecular complexity index is 4070. The zero-order chi connectivity index (χ0) is 50.6. The number of anilines is 3. The SMILES string of the molecule is c1ccc(Cc2ccccc2-c2cc(-n3c4ccccc4c4ccc(-c5ccccc5-c5ccccc5N(c5cccc(-c6ccccc6)c5)c5cccc(-c6ccccc6)c5)cc43)ccc2Cc2ccccc2)cc1. The molecule has 0 spiro atoms. The van der Waals surface area contributed by atoms with Gasteiger partial charge in [0.2, 0.25) is 0 Å². The molecule has 1 aromatic heterocycles. The van der Waals surface area contributed by atoms with Gasteiger partial charge in [-0.15, -0.1) is 0 Å². The van der Waals surface area contributed by atoms with Gasteiger partial charge < -0.3 is 9.47 Å². The maximum absolute atomic E-state index is 2.49. The molecule has 0 amide bonds. The van der Waals surface area contributed by atoms with Crippen LogP contribution in [0, 0.1) is 0 Å². The Kier molecular flexibility index (Phi) is 12.5. The summed E-state index contributed by atoms with van der Waals surface area (Å²) in [6.07, 6.45) is 1.69. The minimum atomic E-state index is 0.833. The fourth-order valence-electron chi connectivity index (χ4n) is 11.3. The monoisotopic (exact) mass is 970 g/mol.